The van der Waals surface area contributed by atoms with Crippen LogP contribution in [0.3, 0.4) is 0 Å². The average molecular weight is 278 g/mol. The molecule has 0 aromatic carbocycles. The molecule has 0 saturated heterocycles. The van der Waals surface area contributed by atoms with Gasteiger partial charge in [0.25, 0.3) is 0 Å². The summed E-state index contributed by atoms with van der Waals surface area (Å²) in [6.45, 7) is 0.0433. The van der Waals surface area contributed by atoms with Crippen molar-refractivity contribution in [3.8, 4) is 0 Å². The molecule has 0 aromatic rings. The quantitative estimate of drug-likeness (QED) is 0.684. The molecular formula is C10H18N2O5S. The summed E-state index contributed by atoms with van der Waals surface area (Å²) in [4.78, 5) is 23.8. The fourth-order valence-electron chi connectivity index (χ4n) is 1.46. The Kier molecular flexibility index (Phi) is 4.55. The molecule has 0 bridgehead atoms. The summed E-state index contributed by atoms with van der Waals surface area (Å²) in [5.41, 5.74) is 0. The lowest BCUT2D eigenvalue weighted by atomic mass is 10.2. The number of rotatable bonds is 6. The minimum Gasteiger partial charge on any atom is -0.480 e. The van der Waals surface area contributed by atoms with Crippen LogP contribution in [0.15, 0.2) is 0 Å². The zero-order chi connectivity index (χ0) is 13.9. The van der Waals surface area contributed by atoms with E-state index in [4.69, 9.17) is 5.11 Å². The van der Waals surface area contributed by atoms with E-state index in [-0.39, 0.29) is 18.2 Å². The molecule has 1 saturated carbocycles. The second kappa shape index (κ2) is 5.55. The van der Waals surface area contributed by atoms with E-state index in [2.05, 4.69) is 5.32 Å². The fourth-order valence-corrected chi connectivity index (χ4v) is 2.06. The number of nitrogens with zero attached hydrogens (tertiary/aromatic N) is 1. The molecular weight excluding hydrogens is 260 g/mol. The predicted molar refractivity (Wildman–Crippen MR) is 65.0 cm³/mol. The Hall–Kier alpha value is -1.31. The van der Waals surface area contributed by atoms with Gasteiger partial charge < -0.3 is 15.3 Å². The van der Waals surface area contributed by atoms with Gasteiger partial charge in [0, 0.05) is 19.8 Å². The van der Waals surface area contributed by atoms with Crippen molar-refractivity contribution < 1.29 is 23.1 Å². The second-order valence-corrected chi connectivity index (χ2v) is 6.91. The van der Waals surface area contributed by atoms with Crippen LogP contribution in [0.5, 0.6) is 0 Å². The maximum absolute atomic E-state index is 11.7. The molecule has 1 unspecified atom stereocenters. The van der Waals surface area contributed by atoms with E-state index in [0.29, 0.717) is 0 Å². The number of carboxylic acids is 1. The van der Waals surface area contributed by atoms with E-state index in [1.807, 2.05) is 0 Å². The lowest BCUT2D eigenvalue weighted by Crippen LogP contribution is -2.48. The maximum atomic E-state index is 11.7. The molecule has 8 heteroatoms. The summed E-state index contributed by atoms with van der Waals surface area (Å²) in [6.07, 6.45) is 2.68. The first-order valence-electron chi connectivity index (χ1n) is 5.63. The SMILES string of the molecule is CN(CCS(C)(=O)=O)C(=O)NC(C(=O)O)C1CC1. The number of nitrogens with one attached hydrogen (secondary N) is 1. The zero-order valence-corrected chi connectivity index (χ0v) is 11.2. The molecule has 0 aliphatic heterocycles. The molecule has 0 aromatic heterocycles. The van der Waals surface area contributed by atoms with E-state index in [1.165, 1.54) is 11.9 Å². The Bertz CT molecular complexity index is 430. The van der Waals surface area contributed by atoms with E-state index >= 15 is 0 Å². The maximum Gasteiger partial charge on any atom is 0.326 e. The average Bonchev–Trinajstić information content (AvgIpc) is 3.04. The lowest BCUT2D eigenvalue weighted by Gasteiger charge is -2.20. The highest BCUT2D eigenvalue weighted by atomic mass is 32.2. The zero-order valence-electron chi connectivity index (χ0n) is 10.4. The van der Waals surface area contributed by atoms with Crippen LogP contribution < -0.4 is 5.32 Å². The van der Waals surface area contributed by atoms with Gasteiger partial charge in [0.1, 0.15) is 15.9 Å². The van der Waals surface area contributed by atoms with Gasteiger partial charge in [-0.25, -0.2) is 18.0 Å². The second-order valence-electron chi connectivity index (χ2n) is 4.65. The molecule has 104 valence electrons. The van der Waals surface area contributed by atoms with Crippen LogP contribution in [0, 0.1) is 5.92 Å². The van der Waals surface area contributed by atoms with Crippen molar-refractivity contribution in [1.29, 1.82) is 0 Å². The molecule has 1 atom stereocenters. The van der Waals surface area contributed by atoms with Crippen LogP contribution in [0.1, 0.15) is 12.8 Å². The van der Waals surface area contributed by atoms with E-state index in [9.17, 15) is 18.0 Å². The first-order valence-corrected chi connectivity index (χ1v) is 7.69. The van der Waals surface area contributed by atoms with Crippen molar-refractivity contribution in [1.82, 2.24) is 10.2 Å². The van der Waals surface area contributed by atoms with Gasteiger partial charge in [0.15, 0.2) is 0 Å². The number of carbonyl (C=O) groups is 2. The van der Waals surface area contributed by atoms with E-state index in [1.54, 1.807) is 0 Å². The van der Waals surface area contributed by atoms with Gasteiger partial charge in [-0.15, -0.1) is 0 Å². The molecule has 1 rings (SSSR count). The number of carboxylic acid groups (broad SMARTS) is 1. The van der Waals surface area contributed by atoms with Crippen molar-refractivity contribution in [2.75, 3.05) is 25.6 Å². The van der Waals surface area contributed by atoms with Crippen molar-refractivity contribution in [3.63, 3.8) is 0 Å². The highest BCUT2D eigenvalue weighted by Gasteiger charge is 2.37. The summed E-state index contributed by atoms with van der Waals surface area (Å²) in [5.74, 6) is -1.20. The molecule has 2 amide bonds. The first-order chi connectivity index (χ1) is 8.20. The van der Waals surface area contributed by atoms with Gasteiger partial charge in [0.2, 0.25) is 0 Å². The minimum atomic E-state index is -3.14. The largest absolute Gasteiger partial charge is 0.480 e. The molecule has 7 nitrogen and oxygen atoms in total. The molecule has 18 heavy (non-hydrogen) atoms. The minimum absolute atomic E-state index is 0.00485. The number of sulfone groups is 1. The Morgan fingerprint density at radius 3 is 2.39 bits per heavy atom. The lowest BCUT2D eigenvalue weighted by molar-refractivity contribution is -0.139. The van der Waals surface area contributed by atoms with Gasteiger partial charge in [-0.3, -0.25) is 0 Å². The highest BCUT2D eigenvalue weighted by molar-refractivity contribution is 7.90. The van der Waals surface area contributed by atoms with Gasteiger partial charge >= 0.3 is 12.0 Å². The third-order valence-electron chi connectivity index (χ3n) is 2.78. The summed E-state index contributed by atoms with van der Waals surface area (Å²) in [7, 11) is -1.70. The number of aliphatic carboxylic acids is 1. The molecule has 0 radical (unpaired) electrons. The van der Waals surface area contributed by atoms with E-state index < -0.39 is 27.9 Å². The topological polar surface area (TPSA) is 104 Å². The van der Waals surface area contributed by atoms with E-state index in [0.717, 1.165) is 19.1 Å². The molecule has 1 aliphatic rings. The monoisotopic (exact) mass is 278 g/mol. The normalized spacial score (nSPS) is 17.0. The summed E-state index contributed by atoms with van der Waals surface area (Å²) < 4.78 is 21.9. The van der Waals surface area contributed by atoms with Crippen molar-refractivity contribution in [2.24, 2.45) is 5.92 Å². The van der Waals surface area contributed by atoms with Crippen molar-refractivity contribution in [2.45, 2.75) is 18.9 Å². The predicted octanol–water partition coefficient (Wildman–Crippen LogP) is -0.464. The number of urea groups is 1. The first kappa shape index (κ1) is 14.7. The Morgan fingerprint density at radius 1 is 1.44 bits per heavy atom. The molecule has 1 fully saturated rings. The number of hydrogen-bond donors (Lipinski definition) is 2. The van der Waals surface area contributed by atoms with Crippen LogP contribution in [0.25, 0.3) is 0 Å². The number of hydrogen-bond acceptors (Lipinski definition) is 4. The van der Waals surface area contributed by atoms with Crippen LogP contribution in [0.2, 0.25) is 0 Å². The van der Waals surface area contributed by atoms with Crippen LogP contribution in [-0.4, -0.2) is 62.1 Å². The van der Waals surface area contributed by atoms with Crippen LogP contribution in [-0.2, 0) is 14.6 Å². The van der Waals surface area contributed by atoms with Crippen LogP contribution >= 0.6 is 0 Å². The Labute approximate surface area is 106 Å². The third kappa shape index (κ3) is 4.91. The fraction of sp³-hybridized carbons (Fsp3) is 0.800. The van der Waals surface area contributed by atoms with Crippen LogP contribution in [0.4, 0.5) is 4.79 Å². The smallest absolute Gasteiger partial charge is 0.326 e. The van der Waals surface area contributed by atoms with Crippen molar-refractivity contribution in [3.05, 3.63) is 0 Å². The highest BCUT2D eigenvalue weighted by Crippen LogP contribution is 2.32. The number of carbonyl (C=O) groups excluding carboxylic acids is 1. The summed E-state index contributed by atoms with van der Waals surface area (Å²) in [5, 5.41) is 11.4. The molecule has 2 N–H and O–H groups in total. The standard InChI is InChI=1S/C10H18N2O5S/c1-12(5-6-18(2,16)17)10(15)11-8(9(13)14)7-3-4-7/h7-8H,3-6H2,1-2H3,(H,11,15)(H,13,14). The molecule has 0 heterocycles. The van der Waals surface area contributed by atoms with Gasteiger partial charge in [-0.2, -0.15) is 0 Å². The molecule has 1 aliphatic carbocycles. The van der Waals surface area contributed by atoms with Gasteiger partial charge in [-0.1, -0.05) is 0 Å². The van der Waals surface area contributed by atoms with Gasteiger partial charge in [0.05, 0.1) is 5.75 Å². The Morgan fingerprint density at radius 2 is 2.00 bits per heavy atom. The molecule has 0 spiro atoms. The van der Waals surface area contributed by atoms with Crippen molar-refractivity contribution >= 4 is 21.8 Å². The third-order valence-corrected chi connectivity index (χ3v) is 3.71. The summed E-state index contributed by atoms with van der Waals surface area (Å²) in [6, 6.07) is -1.43. The number of amides is 2. The Balaban J connectivity index is 2.45. The summed E-state index contributed by atoms with van der Waals surface area (Å²) >= 11 is 0. The van der Waals surface area contributed by atoms with Gasteiger partial charge in [-0.05, 0) is 18.8 Å².